The number of anilines is 1. The lowest BCUT2D eigenvalue weighted by Gasteiger charge is -2.30. The van der Waals surface area contributed by atoms with Crippen LogP contribution in [-0.4, -0.2) is 58.1 Å². The van der Waals surface area contributed by atoms with E-state index >= 15 is 0 Å². The first-order chi connectivity index (χ1) is 16.1. The van der Waals surface area contributed by atoms with Gasteiger partial charge in [-0.1, -0.05) is 36.7 Å². The van der Waals surface area contributed by atoms with Gasteiger partial charge in [0.25, 0.3) is 0 Å². The molecule has 0 aliphatic carbocycles. The Bertz CT molecular complexity index is 1080. The van der Waals surface area contributed by atoms with Crippen molar-refractivity contribution < 1.29 is 22.7 Å². The summed E-state index contributed by atoms with van der Waals surface area (Å²) in [4.78, 5) is 27.2. The number of carbonyl (C=O) groups is 2. The van der Waals surface area contributed by atoms with Gasteiger partial charge in [0.15, 0.2) is 0 Å². The second-order valence-corrected chi connectivity index (χ2v) is 10.2. The van der Waals surface area contributed by atoms with Gasteiger partial charge in [-0.05, 0) is 42.7 Å². The van der Waals surface area contributed by atoms with Crippen molar-refractivity contribution in [2.75, 3.05) is 31.3 Å². The first-order valence-corrected chi connectivity index (χ1v) is 13.2. The highest BCUT2D eigenvalue weighted by Gasteiger charge is 2.28. The van der Waals surface area contributed by atoms with Gasteiger partial charge in [-0.25, -0.2) is 8.42 Å². The van der Waals surface area contributed by atoms with Crippen LogP contribution in [-0.2, 0) is 26.2 Å². The van der Waals surface area contributed by atoms with E-state index in [1.165, 1.54) is 18.5 Å². The molecule has 1 atom stereocenters. The Morgan fingerprint density at radius 2 is 1.82 bits per heavy atom. The molecule has 8 nitrogen and oxygen atoms in total. The van der Waals surface area contributed by atoms with E-state index in [4.69, 9.17) is 16.3 Å². The van der Waals surface area contributed by atoms with E-state index < -0.39 is 16.1 Å². The zero-order valence-electron chi connectivity index (χ0n) is 20.0. The number of rotatable bonds is 12. The highest BCUT2D eigenvalue weighted by molar-refractivity contribution is 7.92. The van der Waals surface area contributed by atoms with Crippen molar-refractivity contribution in [3.05, 3.63) is 59.1 Å². The van der Waals surface area contributed by atoms with Crippen LogP contribution in [0.5, 0.6) is 5.75 Å². The number of hydrogen-bond donors (Lipinski definition) is 1. The quantitative estimate of drug-likeness (QED) is 0.472. The number of amides is 2. The zero-order valence-corrected chi connectivity index (χ0v) is 21.5. The van der Waals surface area contributed by atoms with E-state index in [0.29, 0.717) is 22.9 Å². The summed E-state index contributed by atoms with van der Waals surface area (Å²) in [6.07, 6.45) is 1.93. The summed E-state index contributed by atoms with van der Waals surface area (Å²) in [5, 5.41) is 3.20. The van der Waals surface area contributed by atoms with Crippen molar-refractivity contribution in [1.82, 2.24) is 10.2 Å². The molecule has 0 spiro atoms. The minimum absolute atomic E-state index is 0.0804. The summed E-state index contributed by atoms with van der Waals surface area (Å²) >= 11 is 5.97. The van der Waals surface area contributed by atoms with Gasteiger partial charge in [0.2, 0.25) is 21.8 Å². The largest absolute Gasteiger partial charge is 0.497 e. The Hall–Kier alpha value is -2.78. The van der Waals surface area contributed by atoms with Crippen LogP contribution in [0.15, 0.2) is 48.5 Å². The first kappa shape index (κ1) is 27.5. The van der Waals surface area contributed by atoms with Crippen molar-refractivity contribution in [1.29, 1.82) is 0 Å². The summed E-state index contributed by atoms with van der Waals surface area (Å²) in [5.74, 6) is 0.0520. The van der Waals surface area contributed by atoms with Gasteiger partial charge in [0.05, 0.1) is 19.1 Å². The van der Waals surface area contributed by atoms with Crippen LogP contribution in [0, 0.1) is 0 Å². The van der Waals surface area contributed by atoms with Crippen molar-refractivity contribution in [2.45, 2.75) is 38.8 Å². The molecule has 0 radical (unpaired) electrons. The molecule has 0 saturated carbocycles. The second-order valence-electron chi connectivity index (χ2n) is 7.83. The fraction of sp³-hybridized carbons (Fsp3) is 0.417. The zero-order chi connectivity index (χ0) is 25.3. The van der Waals surface area contributed by atoms with Gasteiger partial charge in [-0.2, -0.15) is 0 Å². The lowest BCUT2D eigenvalue weighted by atomic mass is 10.1. The Balaban J connectivity index is 2.19. The molecule has 2 amide bonds. The average Bonchev–Trinajstić information content (AvgIpc) is 2.81. The van der Waals surface area contributed by atoms with E-state index in [2.05, 4.69) is 5.32 Å². The molecule has 2 aromatic carbocycles. The summed E-state index contributed by atoms with van der Waals surface area (Å²) < 4.78 is 31.3. The Morgan fingerprint density at radius 3 is 2.38 bits per heavy atom. The monoisotopic (exact) mass is 509 g/mol. The van der Waals surface area contributed by atoms with Crippen LogP contribution in [0.2, 0.25) is 5.02 Å². The maximum Gasteiger partial charge on any atom is 0.242 e. The van der Waals surface area contributed by atoms with E-state index in [9.17, 15) is 18.0 Å². The lowest BCUT2D eigenvalue weighted by molar-refractivity contribution is -0.141. The molecule has 0 heterocycles. The third-order valence-corrected chi connectivity index (χ3v) is 6.84. The highest BCUT2D eigenvalue weighted by Crippen LogP contribution is 2.24. The highest BCUT2D eigenvalue weighted by atomic mass is 35.5. The van der Waals surface area contributed by atoms with Crippen LogP contribution in [0.4, 0.5) is 5.69 Å². The molecule has 0 fully saturated rings. The molecule has 0 saturated heterocycles. The smallest absolute Gasteiger partial charge is 0.242 e. The van der Waals surface area contributed by atoms with Crippen molar-refractivity contribution in [3.63, 3.8) is 0 Å². The lowest BCUT2D eigenvalue weighted by Crippen LogP contribution is -2.48. The van der Waals surface area contributed by atoms with E-state index in [1.54, 1.807) is 41.3 Å². The summed E-state index contributed by atoms with van der Waals surface area (Å²) in [7, 11) is -0.532. The normalized spacial score (nSPS) is 12.0. The SMILES string of the molecule is CCC(C(=O)NC)N(Cc1ccc(Cl)cc1)C(=O)CCCN(c1cccc(OC)c1)S(C)(=O)=O. The number of benzene rings is 2. The van der Waals surface area contributed by atoms with E-state index in [-0.39, 0.29) is 37.7 Å². The summed E-state index contributed by atoms with van der Waals surface area (Å²) in [6.45, 7) is 2.20. The number of nitrogens with one attached hydrogen (secondary N) is 1. The van der Waals surface area contributed by atoms with Gasteiger partial charge < -0.3 is 15.0 Å². The minimum Gasteiger partial charge on any atom is -0.497 e. The van der Waals surface area contributed by atoms with E-state index in [1.807, 2.05) is 19.1 Å². The number of carbonyl (C=O) groups excluding carboxylic acids is 2. The molecule has 1 N–H and O–H groups in total. The number of nitrogens with zero attached hydrogens (tertiary/aromatic N) is 2. The first-order valence-electron chi connectivity index (χ1n) is 11.0. The number of likely N-dealkylation sites (N-methyl/N-ethyl adjacent to an activating group) is 1. The third kappa shape index (κ3) is 7.63. The molecule has 2 aromatic rings. The second kappa shape index (κ2) is 12.6. The molecule has 10 heteroatoms. The molecule has 2 rings (SSSR count). The van der Waals surface area contributed by atoms with Gasteiger partial charge >= 0.3 is 0 Å². The third-order valence-electron chi connectivity index (χ3n) is 5.39. The molecule has 186 valence electrons. The standard InChI is InChI=1S/C24H32ClN3O5S/c1-5-22(24(30)26-2)27(17-18-11-13-19(25)14-12-18)23(29)10-7-15-28(34(4,31)32)20-8-6-9-21(16-20)33-3/h6,8-9,11-14,16,22H,5,7,10,15,17H2,1-4H3,(H,26,30). The Morgan fingerprint density at radius 1 is 1.15 bits per heavy atom. The summed E-state index contributed by atoms with van der Waals surface area (Å²) in [5.41, 5.74) is 1.30. The topological polar surface area (TPSA) is 96.0 Å². The number of ether oxygens (including phenoxy) is 1. The molecular formula is C24H32ClN3O5S. The predicted molar refractivity (Wildman–Crippen MR) is 135 cm³/mol. The van der Waals surface area contributed by atoms with Crippen molar-refractivity contribution in [3.8, 4) is 5.75 Å². The number of halogens is 1. The number of methoxy groups -OCH3 is 1. The van der Waals surface area contributed by atoms with E-state index in [0.717, 1.165) is 11.8 Å². The van der Waals surface area contributed by atoms with Crippen LogP contribution >= 0.6 is 11.6 Å². The fourth-order valence-electron chi connectivity index (χ4n) is 3.64. The molecule has 0 aliphatic heterocycles. The summed E-state index contributed by atoms with van der Waals surface area (Å²) in [6, 6.07) is 13.2. The molecule has 34 heavy (non-hydrogen) atoms. The van der Waals surface area contributed by atoms with Crippen LogP contribution < -0.4 is 14.4 Å². The number of hydrogen-bond acceptors (Lipinski definition) is 5. The average molecular weight is 510 g/mol. The van der Waals surface area contributed by atoms with Gasteiger partial charge in [0.1, 0.15) is 11.8 Å². The maximum atomic E-state index is 13.2. The Labute approximate surface area is 206 Å². The van der Waals surface area contributed by atoms with Crippen LogP contribution in [0.25, 0.3) is 0 Å². The molecule has 0 bridgehead atoms. The fourth-order valence-corrected chi connectivity index (χ4v) is 4.73. The van der Waals surface area contributed by atoms with Crippen molar-refractivity contribution in [2.24, 2.45) is 0 Å². The van der Waals surface area contributed by atoms with Gasteiger partial charge in [0, 0.05) is 37.6 Å². The molecule has 0 aromatic heterocycles. The minimum atomic E-state index is -3.58. The maximum absolute atomic E-state index is 13.2. The van der Waals surface area contributed by atoms with Crippen molar-refractivity contribution >= 4 is 39.1 Å². The predicted octanol–water partition coefficient (Wildman–Crippen LogP) is 3.45. The molecule has 1 unspecified atom stereocenters. The Kier molecular flexibility index (Phi) is 10.2. The van der Waals surface area contributed by atoms with Gasteiger partial charge in [-0.3, -0.25) is 13.9 Å². The van der Waals surface area contributed by atoms with Gasteiger partial charge in [-0.15, -0.1) is 0 Å². The molecule has 0 aliphatic rings. The number of sulfonamides is 1. The molecular weight excluding hydrogens is 478 g/mol. The van der Waals surface area contributed by atoms with Crippen LogP contribution in [0.1, 0.15) is 31.7 Å². The van der Waals surface area contributed by atoms with Crippen LogP contribution in [0.3, 0.4) is 0 Å².